The van der Waals surface area contributed by atoms with Gasteiger partial charge < -0.3 is 14.8 Å². The highest BCUT2D eigenvalue weighted by Gasteiger charge is 2.31. The van der Waals surface area contributed by atoms with Crippen molar-refractivity contribution in [1.82, 2.24) is 5.32 Å². The Morgan fingerprint density at radius 3 is 2.26 bits per heavy atom. The maximum atomic E-state index is 12.8. The van der Waals surface area contributed by atoms with Gasteiger partial charge in [-0.3, -0.25) is 9.59 Å². The minimum Gasteiger partial charge on any atom is -0.469 e. The van der Waals surface area contributed by atoms with Crippen molar-refractivity contribution >= 4 is 11.9 Å². The Balaban J connectivity index is 2.94. The quantitative estimate of drug-likeness (QED) is 0.493. The van der Waals surface area contributed by atoms with Gasteiger partial charge in [-0.1, -0.05) is 18.7 Å². The van der Waals surface area contributed by atoms with Gasteiger partial charge in [-0.2, -0.15) is 0 Å². The lowest BCUT2D eigenvalue weighted by atomic mass is 10.0. The second kappa shape index (κ2) is 7.61. The first-order valence-corrected chi connectivity index (χ1v) is 6.20. The summed E-state index contributed by atoms with van der Waals surface area (Å²) in [5.74, 6) is -3.58. The highest BCUT2D eigenvalue weighted by atomic mass is 19.4. The first kappa shape index (κ1) is 18.5. The molecule has 1 amide bonds. The van der Waals surface area contributed by atoms with Crippen LogP contribution in [0.25, 0.3) is 0 Å². The van der Waals surface area contributed by atoms with Gasteiger partial charge in [0.25, 0.3) is 5.91 Å². The number of hydrogen-bond acceptors (Lipinski definition) is 4. The Hall–Kier alpha value is -2.58. The predicted molar refractivity (Wildman–Crippen MR) is 70.9 cm³/mol. The summed E-state index contributed by atoms with van der Waals surface area (Å²) in [7, 11) is 1.12. The van der Waals surface area contributed by atoms with Crippen LogP contribution in [0, 0.1) is 0 Å². The van der Waals surface area contributed by atoms with Crippen LogP contribution in [0.2, 0.25) is 0 Å². The first-order valence-electron chi connectivity index (χ1n) is 6.20. The van der Waals surface area contributed by atoms with Crippen molar-refractivity contribution in [3.05, 3.63) is 42.2 Å². The Kier molecular flexibility index (Phi) is 6.11. The molecule has 0 saturated carbocycles. The summed E-state index contributed by atoms with van der Waals surface area (Å²) < 4.78 is 57.2. The van der Waals surface area contributed by atoms with Gasteiger partial charge in [0.15, 0.2) is 5.83 Å². The maximum Gasteiger partial charge on any atom is 0.573 e. The average molecular weight is 335 g/mol. The number of carbonyl (C=O) groups is 2. The molecule has 0 aliphatic heterocycles. The zero-order valence-electron chi connectivity index (χ0n) is 11.9. The van der Waals surface area contributed by atoms with Gasteiger partial charge in [0.1, 0.15) is 5.75 Å². The number of halogens is 4. The highest BCUT2D eigenvalue weighted by Crippen LogP contribution is 2.25. The third kappa shape index (κ3) is 6.37. The predicted octanol–water partition coefficient (Wildman–Crippen LogP) is 2.79. The summed E-state index contributed by atoms with van der Waals surface area (Å²) in [6.45, 7) is 2.82. The van der Waals surface area contributed by atoms with E-state index in [0.717, 1.165) is 19.2 Å². The lowest BCUT2D eigenvalue weighted by Crippen LogP contribution is -2.30. The third-order valence-electron chi connectivity index (χ3n) is 2.67. The molecule has 1 aromatic carbocycles. The molecule has 5 nitrogen and oxygen atoms in total. The molecule has 1 N–H and O–H groups in total. The molecule has 0 radical (unpaired) electrons. The van der Waals surface area contributed by atoms with Crippen LogP contribution in [0.4, 0.5) is 17.6 Å². The minimum absolute atomic E-state index is 0.263. The summed E-state index contributed by atoms with van der Waals surface area (Å²) >= 11 is 0. The zero-order chi connectivity index (χ0) is 17.6. The van der Waals surface area contributed by atoms with Gasteiger partial charge in [-0.05, 0) is 17.7 Å². The van der Waals surface area contributed by atoms with Crippen LogP contribution in [-0.2, 0) is 14.3 Å². The average Bonchev–Trinajstić information content (AvgIpc) is 2.45. The highest BCUT2D eigenvalue weighted by molar-refractivity contribution is 5.91. The van der Waals surface area contributed by atoms with Crippen LogP contribution in [0.15, 0.2) is 36.7 Å². The van der Waals surface area contributed by atoms with Crippen molar-refractivity contribution in [3.63, 3.8) is 0 Å². The summed E-state index contributed by atoms with van der Waals surface area (Å²) in [6.07, 6.45) is -5.18. The van der Waals surface area contributed by atoms with E-state index in [-0.39, 0.29) is 12.0 Å². The topological polar surface area (TPSA) is 64.6 Å². The van der Waals surface area contributed by atoms with E-state index in [1.165, 1.54) is 12.1 Å². The van der Waals surface area contributed by atoms with E-state index in [0.29, 0.717) is 0 Å². The number of esters is 1. The number of alkyl halides is 3. The number of carbonyl (C=O) groups excluding carboxylic acids is 2. The molecule has 0 aliphatic carbocycles. The largest absolute Gasteiger partial charge is 0.573 e. The normalized spacial score (nSPS) is 12.2. The number of rotatable bonds is 6. The molecule has 1 aromatic rings. The lowest BCUT2D eigenvalue weighted by Gasteiger charge is -2.18. The minimum atomic E-state index is -4.84. The van der Waals surface area contributed by atoms with Crippen LogP contribution in [-0.4, -0.2) is 25.3 Å². The molecule has 0 spiro atoms. The second-order valence-electron chi connectivity index (χ2n) is 4.33. The third-order valence-corrected chi connectivity index (χ3v) is 2.67. The van der Waals surface area contributed by atoms with E-state index >= 15 is 0 Å². The molecule has 1 atom stereocenters. The molecule has 1 rings (SSSR count). The summed E-state index contributed by atoms with van der Waals surface area (Å²) in [5.41, 5.74) is 0.263. The number of benzene rings is 1. The monoisotopic (exact) mass is 335 g/mol. The van der Waals surface area contributed by atoms with Crippen molar-refractivity contribution in [2.45, 2.75) is 18.8 Å². The Labute approximate surface area is 128 Å². The van der Waals surface area contributed by atoms with Crippen molar-refractivity contribution < 1.29 is 36.6 Å². The standard InChI is InChI=1S/C14H13F4NO4/c1-8(15)13(21)19-11(7-12(20)22-2)9-3-5-10(6-4-9)23-14(16,17)18/h3-6,11H,1,7H2,2H3,(H,19,21). The van der Waals surface area contributed by atoms with Crippen LogP contribution >= 0.6 is 0 Å². The van der Waals surface area contributed by atoms with Gasteiger partial charge in [0.05, 0.1) is 19.6 Å². The summed E-state index contributed by atoms with van der Waals surface area (Å²) in [4.78, 5) is 22.7. The van der Waals surface area contributed by atoms with Crippen LogP contribution < -0.4 is 10.1 Å². The summed E-state index contributed by atoms with van der Waals surface area (Å²) in [5, 5.41) is 2.19. The van der Waals surface area contributed by atoms with E-state index in [4.69, 9.17) is 0 Å². The van der Waals surface area contributed by atoms with Crippen molar-refractivity contribution in [3.8, 4) is 5.75 Å². The molecule has 0 aliphatic rings. The molecule has 0 saturated heterocycles. The van der Waals surface area contributed by atoms with Gasteiger partial charge >= 0.3 is 12.3 Å². The van der Waals surface area contributed by atoms with E-state index in [1.54, 1.807) is 0 Å². The molecule has 126 valence electrons. The van der Waals surface area contributed by atoms with E-state index < -0.39 is 35.9 Å². The number of hydrogen-bond donors (Lipinski definition) is 1. The number of nitrogens with one attached hydrogen (secondary N) is 1. The number of amides is 1. The van der Waals surface area contributed by atoms with Crippen molar-refractivity contribution in [1.29, 1.82) is 0 Å². The number of methoxy groups -OCH3 is 1. The molecule has 0 aromatic heterocycles. The smallest absolute Gasteiger partial charge is 0.469 e. The van der Waals surface area contributed by atoms with Gasteiger partial charge in [-0.15, -0.1) is 13.2 Å². The van der Waals surface area contributed by atoms with Crippen LogP contribution in [0.5, 0.6) is 5.75 Å². The molecule has 0 heterocycles. The van der Waals surface area contributed by atoms with Crippen molar-refractivity contribution in [2.75, 3.05) is 7.11 Å². The fourth-order valence-electron chi connectivity index (χ4n) is 1.64. The Morgan fingerprint density at radius 1 is 1.26 bits per heavy atom. The molecular formula is C14H13F4NO4. The fraction of sp³-hybridized carbons (Fsp3) is 0.286. The van der Waals surface area contributed by atoms with E-state index in [2.05, 4.69) is 21.4 Å². The Morgan fingerprint density at radius 2 is 1.83 bits per heavy atom. The zero-order valence-corrected chi connectivity index (χ0v) is 11.9. The van der Waals surface area contributed by atoms with E-state index in [1.807, 2.05) is 0 Å². The van der Waals surface area contributed by atoms with Gasteiger partial charge in [0, 0.05) is 0 Å². The van der Waals surface area contributed by atoms with Gasteiger partial charge in [-0.25, -0.2) is 4.39 Å². The molecule has 9 heteroatoms. The molecule has 0 bridgehead atoms. The SMILES string of the molecule is C=C(F)C(=O)NC(CC(=O)OC)c1ccc(OC(F)(F)F)cc1. The first-order chi connectivity index (χ1) is 10.6. The van der Waals surface area contributed by atoms with Crippen LogP contribution in [0.1, 0.15) is 18.0 Å². The van der Waals surface area contributed by atoms with Gasteiger partial charge in [0.2, 0.25) is 0 Å². The second-order valence-corrected chi connectivity index (χ2v) is 4.33. The fourth-order valence-corrected chi connectivity index (χ4v) is 1.64. The molecule has 0 fully saturated rings. The molecule has 1 unspecified atom stereocenters. The Bertz CT molecular complexity index is 583. The molecule has 23 heavy (non-hydrogen) atoms. The van der Waals surface area contributed by atoms with Crippen molar-refractivity contribution in [2.24, 2.45) is 0 Å². The lowest BCUT2D eigenvalue weighted by molar-refractivity contribution is -0.274. The summed E-state index contributed by atoms with van der Waals surface area (Å²) in [6, 6.07) is 3.42. The molecular weight excluding hydrogens is 322 g/mol. The van der Waals surface area contributed by atoms with Crippen LogP contribution in [0.3, 0.4) is 0 Å². The number of ether oxygens (including phenoxy) is 2. The van der Waals surface area contributed by atoms with E-state index in [9.17, 15) is 27.2 Å². The maximum absolute atomic E-state index is 12.8.